The highest BCUT2D eigenvalue weighted by molar-refractivity contribution is 7.26. The summed E-state index contributed by atoms with van der Waals surface area (Å²) >= 11 is 3.77. The summed E-state index contributed by atoms with van der Waals surface area (Å²) < 4.78 is 5.27. The first-order valence-corrected chi connectivity index (χ1v) is 44.8. The lowest BCUT2D eigenvalue weighted by Crippen LogP contribution is -2.16. The van der Waals surface area contributed by atoms with Crippen LogP contribution in [0.25, 0.3) is 195 Å². The van der Waals surface area contributed by atoms with Crippen molar-refractivity contribution in [3.63, 3.8) is 0 Å². The number of hydrogen-bond acceptors (Lipinski definition) is 4. The molecule has 0 bridgehead atoms. The van der Waals surface area contributed by atoms with E-state index in [0.717, 1.165) is 34.1 Å². The number of fused-ring (bicyclic) bond motifs is 18. The lowest BCUT2D eigenvalue weighted by Gasteiger charge is -2.28. The standard InChI is InChI=1S/C120H80N2S2/c1-119(2)110-69-81(73-19-6-5-7-20-73)49-61-97(110)99-63-60-89(72-112(99)119)122(86-55-45-78(46-56-86)92-28-17-32-107-102-26-13-15-34-115(102)124-118(92)107)87-57-47-79(48-58-87)108-68-83-40-39-80(67-109(83)96-24-11-10-23-95(96)108)74-35-37-75(38-36-74)82-50-62-98-100-64-59-88(71-113(100)120(3,4)111(98)70-82)121(85-53-43-77(44-54-85)91-27-16-31-106-101-25-12-14-33-114(101)123-117(91)106)84-51-41-76(42-52-84)90-65-66-105-94-22-9-8-21-93(94)104-30-18-29-103(90)116(104)105/h5-72H,1-4H3. The third-order valence-corrected chi connectivity index (χ3v) is 29.9. The Morgan fingerprint density at radius 1 is 0.177 bits per heavy atom. The molecule has 0 fully saturated rings. The largest absolute Gasteiger partial charge is 0.310 e. The Morgan fingerprint density at radius 3 is 1.00 bits per heavy atom. The molecule has 20 aromatic carbocycles. The Hall–Kier alpha value is -14.8. The zero-order chi connectivity index (χ0) is 82.2. The fourth-order valence-electron chi connectivity index (χ4n) is 21.2. The number of benzene rings is 20. The van der Waals surface area contributed by atoms with Gasteiger partial charge in [-0.2, -0.15) is 0 Å². The molecule has 0 unspecified atom stereocenters. The van der Waals surface area contributed by atoms with Gasteiger partial charge in [0.2, 0.25) is 0 Å². The molecule has 582 valence electrons. The van der Waals surface area contributed by atoms with Gasteiger partial charge in [0.25, 0.3) is 0 Å². The van der Waals surface area contributed by atoms with Crippen molar-refractivity contribution in [2.24, 2.45) is 0 Å². The van der Waals surface area contributed by atoms with E-state index in [0.29, 0.717) is 0 Å². The molecule has 0 spiro atoms. The summed E-state index contributed by atoms with van der Waals surface area (Å²) in [5, 5.41) is 12.8. The van der Waals surface area contributed by atoms with Crippen molar-refractivity contribution in [1.29, 1.82) is 0 Å². The van der Waals surface area contributed by atoms with E-state index >= 15 is 0 Å². The van der Waals surface area contributed by atoms with E-state index in [1.54, 1.807) is 0 Å². The van der Waals surface area contributed by atoms with E-state index in [1.807, 2.05) is 22.7 Å². The summed E-state index contributed by atoms with van der Waals surface area (Å²) in [6, 6.07) is 156. The maximum Gasteiger partial charge on any atom is 0.0465 e. The molecule has 2 heterocycles. The highest BCUT2D eigenvalue weighted by Gasteiger charge is 2.39. The average molecular weight is 1610 g/mol. The van der Waals surface area contributed by atoms with Crippen LogP contribution in [-0.2, 0) is 10.8 Å². The summed E-state index contributed by atoms with van der Waals surface area (Å²) in [6.45, 7) is 9.61. The Labute approximate surface area is 729 Å². The highest BCUT2D eigenvalue weighted by atomic mass is 32.1. The second kappa shape index (κ2) is 27.9. The Kier molecular flexibility index (Phi) is 16.2. The molecule has 4 heteroatoms. The van der Waals surface area contributed by atoms with Crippen molar-refractivity contribution in [3.05, 3.63) is 435 Å². The Morgan fingerprint density at radius 2 is 0.500 bits per heavy atom. The SMILES string of the molecule is CC1(C)c2cc(-c3ccc(-c4ccc5cc(-c6ccc(N(c7ccc(-c8cccc9c8sc8ccccc89)cc7)c7ccc8c(c7)C(C)(C)c7cc(-c9ccccc9)ccc7-8)cc6)c6ccccc6c5c4)cc3)ccc2-c2ccc(N(c3ccc(-c4ccc5c6c(cccc46)-c4ccccc4-5)cc3)c3ccc(-c4cccc5c4sc4ccccc45)cc3)cc21. The van der Waals surface area contributed by atoms with Crippen molar-refractivity contribution in [2.45, 2.75) is 38.5 Å². The Bertz CT molecular complexity index is 8160. The second-order valence-corrected chi connectivity index (χ2v) is 37.0. The summed E-state index contributed by atoms with van der Waals surface area (Å²) in [6.07, 6.45) is 0. The van der Waals surface area contributed by atoms with Gasteiger partial charge >= 0.3 is 0 Å². The van der Waals surface area contributed by atoms with E-state index in [2.05, 4.69) is 450 Å². The average Bonchev–Trinajstić information content (AvgIpc) is 1.55. The molecule has 3 aliphatic carbocycles. The predicted octanol–water partition coefficient (Wildman–Crippen LogP) is 34.8. The van der Waals surface area contributed by atoms with Crippen LogP contribution < -0.4 is 9.80 Å². The van der Waals surface area contributed by atoms with Crippen LogP contribution in [0, 0.1) is 0 Å². The van der Waals surface area contributed by atoms with Gasteiger partial charge < -0.3 is 9.80 Å². The van der Waals surface area contributed by atoms with E-state index in [-0.39, 0.29) is 10.8 Å². The van der Waals surface area contributed by atoms with Gasteiger partial charge in [-0.25, -0.2) is 0 Å². The Balaban J connectivity index is 0.515. The number of thiophene rings is 2. The molecule has 25 rings (SSSR count). The van der Waals surface area contributed by atoms with Gasteiger partial charge in [0, 0.05) is 85.3 Å². The first-order chi connectivity index (χ1) is 60.9. The van der Waals surface area contributed by atoms with Gasteiger partial charge in [-0.05, 0) is 286 Å². The third kappa shape index (κ3) is 11.3. The van der Waals surface area contributed by atoms with Crippen molar-refractivity contribution in [3.8, 4) is 122 Å². The monoisotopic (exact) mass is 1610 g/mol. The fourth-order valence-corrected chi connectivity index (χ4v) is 23.6. The lowest BCUT2D eigenvalue weighted by atomic mass is 9.81. The molecule has 22 aromatic rings. The molecule has 0 atom stereocenters. The van der Waals surface area contributed by atoms with Crippen LogP contribution in [0.4, 0.5) is 34.1 Å². The molecule has 3 aliphatic rings. The van der Waals surface area contributed by atoms with Gasteiger partial charge in [-0.3, -0.25) is 0 Å². The molecule has 0 N–H and O–H groups in total. The van der Waals surface area contributed by atoms with E-state index in [1.165, 1.54) is 217 Å². The third-order valence-electron chi connectivity index (χ3n) is 27.5. The van der Waals surface area contributed by atoms with E-state index in [9.17, 15) is 0 Å². The topological polar surface area (TPSA) is 6.48 Å². The van der Waals surface area contributed by atoms with Crippen LogP contribution in [0.15, 0.2) is 413 Å². The molecule has 0 amide bonds. The lowest BCUT2D eigenvalue weighted by molar-refractivity contribution is 0.660. The number of nitrogens with zero attached hydrogens (tertiary/aromatic N) is 2. The summed E-state index contributed by atoms with van der Waals surface area (Å²) in [5.74, 6) is 0. The predicted molar refractivity (Wildman–Crippen MR) is 532 cm³/mol. The summed E-state index contributed by atoms with van der Waals surface area (Å²) in [5.41, 5.74) is 39.0. The van der Waals surface area contributed by atoms with Gasteiger partial charge in [0.05, 0.1) is 0 Å². The highest BCUT2D eigenvalue weighted by Crippen LogP contribution is 2.57. The van der Waals surface area contributed by atoms with Crippen molar-refractivity contribution in [2.75, 3.05) is 9.80 Å². The van der Waals surface area contributed by atoms with E-state index < -0.39 is 0 Å². The summed E-state index contributed by atoms with van der Waals surface area (Å²) in [4.78, 5) is 4.91. The van der Waals surface area contributed by atoms with Crippen LogP contribution in [0.3, 0.4) is 0 Å². The van der Waals surface area contributed by atoms with Gasteiger partial charge in [0.15, 0.2) is 0 Å². The van der Waals surface area contributed by atoms with Gasteiger partial charge in [0.1, 0.15) is 0 Å². The minimum atomic E-state index is -0.289. The minimum Gasteiger partial charge on any atom is -0.310 e. The summed E-state index contributed by atoms with van der Waals surface area (Å²) in [7, 11) is 0. The first kappa shape index (κ1) is 72.1. The fraction of sp³-hybridized carbons (Fsp3) is 0.0500. The van der Waals surface area contributed by atoms with Crippen molar-refractivity contribution in [1.82, 2.24) is 0 Å². The van der Waals surface area contributed by atoms with Crippen LogP contribution in [0.2, 0.25) is 0 Å². The first-order valence-electron chi connectivity index (χ1n) is 43.1. The van der Waals surface area contributed by atoms with Crippen LogP contribution in [-0.4, -0.2) is 0 Å². The zero-order valence-electron chi connectivity index (χ0n) is 69.0. The molecule has 2 nitrogen and oxygen atoms in total. The van der Waals surface area contributed by atoms with Crippen LogP contribution >= 0.6 is 22.7 Å². The molecule has 0 saturated carbocycles. The molecule has 0 radical (unpaired) electrons. The molecular formula is C120H80N2S2. The quantitative estimate of drug-likeness (QED) is 0.106. The maximum atomic E-state index is 2.47. The molecule has 2 aromatic heterocycles. The van der Waals surface area contributed by atoms with E-state index in [4.69, 9.17) is 0 Å². The smallest absolute Gasteiger partial charge is 0.0465 e. The second-order valence-electron chi connectivity index (χ2n) is 34.9. The van der Waals surface area contributed by atoms with Crippen molar-refractivity contribution < 1.29 is 0 Å². The number of anilines is 6. The zero-order valence-corrected chi connectivity index (χ0v) is 70.6. The molecular weight excluding hydrogens is 1530 g/mol. The molecule has 124 heavy (non-hydrogen) atoms. The normalized spacial score (nSPS) is 13.1. The maximum absolute atomic E-state index is 2.47. The van der Waals surface area contributed by atoms with Crippen LogP contribution in [0.1, 0.15) is 49.9 Å². The van der Waals surface area contributed by atoms with Gasteiger partial charge in [-0.1, -0.05) is 331 Å². The molecule has 0 saturated heterocycles. The number of rotatable bonds is 13. The number of hydrogen-bond donors (Lipinski definition) is 0. The van der Waals surface area contributed by atoms with Gasteiger partial charge in [-0.15, -0.1) is 22.7 Å². The molecule has 0 aliphatic heterocycles. The van der Waals surface area contributed by atoms with Crippen molar-refractivity contribution >= 4 is 129 Å². The minimum absolute atomic E-state index is 0.227. The van der Waals surface area contributed by atoms with Crippen LogP contribution in [0.5, 0.6) is 0 Å².